The lowest BCUT2D eigenvalue weighted by atomic mass is 10.0. The van der Waals surface area contributed by atoms with Crippen molar-refractivity contribution in [2.45, 2.75) is 19.8 Å². The molecule has 1 aromatic rings. The molecule has 0 saturated carbocycles. The molecule has 16 heavy (non-hydrogen) atoms. The van der Waals surface area contributed by atoms with E-state index in [1.807, 2.05) is 0 Å². The quantitative estimate of drug-likeness (QED) is 0.787. The lowest BCUT2D eigenvalue weighted by Gasteiger charge is -2.28. The predicted octanol–water partition coefficient (Wildman–Crippen LogP) is 2.38. The minimum atomic E-state index is -0.588. The van der Waals surface area contributed by atoms with Gasteiger partial charge in [0.1, 0.15) is 0 Å². The van der Waals surface area contributed by atoms with Gasteiger partial charge in [0.25, 0.3) is 0 Å². The van der Waals surface area contributed by atoms with E-state index in [2.05, 4.69) is 43.0 Å². The van der Waals surface area contributed by atoms with Gasteiger partial charge in [-0.1, -0.05) is 26.0 Å². The molecule has 2 nitrogen and oxygen atoms in total. The van der Waals surface area contributed by atoms with Crippen molar-refractivity contribution < 1.29 is 4.21 Å². The zero-order chi connectivity index (χ0) is 11.5. The summed E-state index contributed by atoms with van der Waals surface area (Å²) < 4.78 is 11.3. The maximum Gasteiger partial charge on any atom is 0.0411 e. The van der Waals surface area contributed by atoms with Gasteiger partial charge in [0.05, 0.1) is 0 Å². The average Bonchev–Trinajstić information content (AvgIpc) is 2.30. The molecule has 0 amide bonds. The number of hydrogen-bond acceptors (Lipinski definition) is 2. The highest BCUT2D eigenvalue weighted by atomic mass is 32.2. The molecule has 0 N–H and O–H groups in total. The van der Waals surface area contributed by atoms with E-state index in [0.29, 0.717) is 5.92 Å². The fourth-order valence-corrected chi connectivity index (χ4v) is 3.02. The fourth-order valence-electron chi connectivity index (χ4n) is 1.97. The molecule has 3 heteroatoms. The van der Waals surface area contributed by atoms with Crippen molar-refractivity contribution in [3.8, 4) is 0 Å². The van der Waals surface area contributed by atoms with Crippen LogP contribution in [0.5, 0.6) is 0 Å². The van der Waals surface area contributed by atoms with E-state index in [1.165, 1.54) is 11.3 Å². The van der Waals surface area contributed by atoms with Gasteiger partial charge in [-0.15, -0.1) is 0 Å². The van der Waals surface area contributed by atoms with Crippen LogP contribution in [0.1, 0.15) is 25.3 Å². The highest BCUT2D eigenvalue weighted by Gasteiger charge is 2.15. The highest BCUT2D eigenvalue weighted by molar-refractivity contribution is 7.85. The first kappa shape index (κ1) is 11.6. The summed E-state index contributed by atoms with van der Waals surface area (Å²) in [6.07, 6.45) is 0. The van der Waals surface area contributed by atoms with Crippen LogP contribution in [0.2, 0.25) is 0 Å². The lowest BCUT2D eigenvalue weighted by Crippen LogP contribution is -2.37. The SMILES string of the molecule is CC(C)c1ccc(N2CCS(=O)CC2)cc1. The first-order chi connectivity index (χ1) is 7.66. The van der Waals surface area contributed by atoms with E-state index in [-0.39, 0.29) is 0 Å². The molecule has 1 heterocycles. The third-order valence-electron chi connectivity index (χ3n) is 3.10. The number of nitrogens with zero attached hydrogens (tertiary/aromatic N) is 1. The van der Waals surface area contributed by atoms with Crippen LogP contribution in [0, 0.1) is 0 Å². The maximum absolute atomic E-state index is 11.3. The summed E-state index contributed by atoms with van der Waals surface area (Å²) in [5, 5.41) is 0. The smallest absolute Gasteiger partial charge is 0.0411 e. The molecule has 0 spiro atoms. The van der Waals surface area contributed by atoms with Crippen molar-refractivity contribution in [1.29, 1.82) is 0 Å². The molecule has 2 rings (SSSR count). The van der Waals surface area contributed by atoms with Crippen LogP contribution in [0.15, 0.2) is 24.3 Å². The van der Waals surface area contributed by atoms with Crippen molar-refractivity contribution in [1.82, 2.24) is 0 Å². The van der Waals surface area contributed by atoms with Crippen LogP contribution in [-0.4, -0.2) is 28.8 Å². The maximum atomic E-state index is 11.3. The van der Waals surface area contributed by atoms with Gasteiger partial charge in [-0.2, -0.15) is 0 Å². The minimum absolute atomic E-state index is 0.586. The Morgan fingerprint density at radius 2 is 1.69 bits per heavy atom. The molecule has 0 radical (unpaired) electrons. The fraction of sp³-hybridized carbons (Fsp3) is 0.538. The molecule has 0 unspecified atom stereocenters. The Morgan fingerprint density at radius 3 is 2.19 bits per heavy atom. The van der Waals surface area contributed by atoms with Crippen LogP contribution in [-0.2, 0) is 10.8 Å². The second-order valence-corrected chi connectivity index (χ2v) is 6.28. The first-order valence-electron chi connectivity index (χ1n) is 5.86. The molecule has 0 bridgehead atoms. The molecular formula is C13H19NOS. The summed E-state index contributed by atoms with van der Waals surface area (Å²) in [5.41, 5.74) is 2.64. The zero-order valence-electron chi connectivity index (χ0n) is 9.98. The van der Waals surface area contributed by atoms with Gasteiger partial charge in [0.15, 0.2) is 0 Å². The van der Waals surface area contributed by atoms with Crippen molar-refractivity contribution >= 4 is 16.5 Å². The van der Waals surface area contributed by atoms with E-state index in [4.69, 9.17) is 0 Å². The standard InChI is InChI=1S/C13H19NOS/c1-11(2)12-3-5-13(6-4-12)14-7-9-16(15)10-8-14/h3-6,11H,7-10H2,1-2H3. The third-order valence-corrected chi connectivity index (χ3v) is 4.38. The third kappa shape index (κ3) is 2.64. The van der Waals surface area contributed by atoms with E-state index in [1.54, 1.807) is 0 Å². The molecule has 1 saturated heterocycles. The normalized spacial score (nSPS) is 18.1. The monoisotopic (exact) mass is 237 g/mol. The Bertz CT molecular complexity index is 362. The van der Waals surface area contributed by atoms with Gasteiger partial charge in [0.2, 0.25) is 0 Å². The van der Waals surface area contributed by atoms with Crippen molar-refractivity contribution in [2.75, 3.05) is 29.5 Å². The van der Waals surface area contributed by atoms with Crippen LogP contribution in [0.25, 0.3) is 0 Å². The van der Waals surface area contributed by atoms with Crippen molar-refractivity contribution in [3.63, 3.8) is 0 Å². The second kappa shape index (κ2) is 5.00. The van der Waals surface area contributed by atoms with E-state index in [9.17, 15) is 4.21 Å². The molecule has 88 valence electrons. The van der Waals surface area contributed by atoms with E-state index >= 15 is 0 Å². The van der Waals surface area contributed by atoms with E-state index < -0.39 is 10.8 Å². The van der Waals surface area contributed by atoms with Crippen LogP contribution < -0.4 is 4.90 Å². The van der Waals surface area contributed by atoms with Gasteiger partial charge in [-0.25, -0.2) is 0 Å². The molecule has 0 aromatic heterocycles. The Balaban J connectivity index is 2.07. The molecule has 1 aliphatic heterocycles. The summed E-state index contributed by atoms with van der Waals surface area (Å²) in [7, 11) is -0.588. The summed E-state index contributed by atoms with van der Waals surface area (Å²) in [6, 6.07) is 8.77. The average molecular weight is 237 g/mol. The Labute approximate surface area is 100 Å². The highest BCUT2D eigenvalue weighted by Crippen LogP contribution is 2.20. The summed E-state index contributed by atoms with van der Waals surface area (Å²) in [4.78, 5) is 2.32. The minimum Gasteiger partial charge on any atom is -0.370 e. The summed E-state index contributed by atoms with van der Waals surface area (Å²) in [5.74, 6) is 2.21. The van der Waals surface area contributed by atoms with Crippen LogP contribution >= 0.6 is 0 Å². The number of hydrogen-bond donors (Lipinski definition) is 0. The molecule has 1 aliphatic rings. The summed E-state index contributed by atoms with van der Waals surface area (Å²) >= 11 is 0. The van der Waals surface area contributed by atoms with Gasteiger partial charge in [-0.3, -0.25) is 4.21 Å². The van der Waals surface area contributed by atoms with Gasteiger partial charge in [0, 0.05) is 41.1 Å². The van der Waals surface area contributed by atoms with Crippen LogP contribution in [0.3, 0.4) is 0 Å². The lowest BCUT2D eigenvalue weighted by molar-refractivity contribution is 0.673. The second-order valence-electron chi connectivity index (χ2n) is 4.58. The number of anilines is 1. The number of benzene rings is 1. The number of rotatable bonds is 2. The van der Waals surface area contributed by atoms with Gasteiger partial charge >= 0.3 is 0 Å². The Morgan fingerprint density at radius 1 is 1.12 bits per heavy atom. The van der Waals surface area contributed by atoms with E-state index in [0.717, 1.165) is 24.6 Å². The Kier molecular flexibility index (Phi) is 3.64. The van der Waals surface area contributed by atoms with Crippen molar-refractivity contribution in [3.05, 3.63) is 29.8 Å². The van der Waals surface area contributed by atoms with Gasteiger partial charge < -0.3 is 4.90 Å². The molecule has 1 fully saturated rings. The molecule has 0 atom stereocenters. The van der Waals surface area contributed by atoms with Crippen molar-refractivity contribution in [2.24, 2.45) is 0 Å². The largest absolute Gasteiger partial charge is 0.370 e. The predicted molar refractivity (Wildman–Crippen MR) is 70.6 cm³/mol. The molecular weight excluding hydrogens is 218 g/mol. The topological polar surface area (TPSA) is 20.3 Å². The molecule has 1 aromatic carbocycles. The zero-order valence-corrected chi connectivity index (χ0v) is 10.8. The first-order valence-corrected chi connectivity index (χ1v) is 7.35. The summed E-state index contributed by atoms with van der Waals surface area (Å²) in [6.45, 7) is 6.26. The van der Waals surface area contributed by atoms with Crippen LogP contribution in [0.4, 0.5) is 5.69 Å². The van der Waals surface area contributed by atoms with Gasteiger partial charge in [-0.05, 0) is 23.6 Å². The Hall–Kier alpha value is -0.830. The molecule has 0 aliphatic carbocycles.